The minimum Gasteiger partial charge on any atom is -0.378 e. The van der Waals surface area contributed by atoms with Gasteiger partial charge in [0.15, 0.2) is 5.78 Å². The molecule has 1 saturated heterocycles. The number of carbonyl (C=O) groups is 3. The van der Waals surface area contributed by atoms with E-state index in [0.29, 0.717) is 49.6 Å². The van der Waals surface area contributed by atoms with Gasteiger partial charge in [0.1, 0.15) is 5.82 Å². The zero-order chi connectivity index (χ0) is 25.4. The van der Waals surface area contributed by atoms with E-state index in [2.05, 4.69) is 0 Å². The molecule has 0 spiro atoms. The van der Waals surface area contributed by atoms with E-state index >= 15 is 4.39 Å². The highest BCUT2D eigenvalue weighted by Crippen LogP contribution is 2.58. The van der Waals surface area contributed by atoms with Crippen LogP contribution in [0.5, 0.6) is 0 Å². The van der Waals surface area contributed by atoms with Crippen LogP contribution in [0, 0.1) is 23.6 Å². The molecule has 5 fully saturated rings. The summed E-state index contributed by atoms with van der Waals surface area (Å²) in [7, 11) is 0. The molecule has 1 aliphatic heterocycles. The van der Waals surface area contributed by atoms with Crippen LogP contribution in [0.1, 0.15) is 54.4 Å². The maximum Gasteiger partial charge on any atom is 0.320 e. The summed E-state index contributed by atoms with van der Waals surface area (Å²) < 4.78 is 45.4. The van der Waals surface area contributed by atoms with Crippen molar-refractivity contribution in [1.29, 1.82) is 0 Å². The van der Waals surface area contributed by atoms with E-state index in [0.717, 1.165) is 25.3 Å². The van der Waals surface area contributed by atoms with Gasteiger partial charge in [-0.3, -0.25) is 9.59 Å². The minimum absolute atomic E-state index is 0.0216. The Balaban J connectivity index is 1.37. The van der Waals surface area contributed by atoms with Crippen molar-refractivity contribution >= 4 is 17.7 Å². The summed E-state index contributed by atoms with van der Waals surface area (Å²) in [5, 5.41) is 1.84. The molecule has 0 unspecified atom stereocenters. The number of hydrogen-bond donors (Lipinski definition) is 1. The second-order valence-corrected chi connectivity index (χ2v) is 10.9. The second-order valence-electron chi connectivity index (χ2n) is 10.9. The van der Waals surface area contributed by atoms with Crippen molar-refractivity contribution in [3.05, 3.63) is 35.1 Å². The third-order valence-corrected chi connectivity index (χ3v) is 8.42. The lowest BCUT2D eigenvalue weighted by atomic mass is 9.52. The predicted molar refractivity (Wildman–Crippen MR) is 124 cm³/mol. The monoisotopic (exact) mass is 507 g/mol. The lowest BCUT2D eigenvalue weighted by molar-refractivity contribution is -0.131. The van der Waals surface area contributed by atoms with Gasteiger partial charge in [-0.25, -0.2) is 9.18 Å². The third kappa shape index (κ3) is 4.96. The Kier molecular flexibility index (Phi) is 6.98. The number of benzene rings is 1. The molecule has 1 aromatic carbocycles. The van der Waals surface area contributed by atoms with Gasteiger partial charge in [0, 0.05) is 29.8 Å². The van der Waals surface area contributed by atoms with E-state index in [1.54, 1.807) is 4.90 Å². The molecular formula is C26H32F3N3O4. The number of halogens is 3. The van der Waals surface area contributed by atoms with Crippen LogP contribution in [0.3, 0.4) is 0 Å². The average molecular weight is 508 g/mol. The lowest BCUT2D eigenvalue weighted by Crippen LogP contribution is -2.64. The fourth-order valence-electron chi connectivity index (χ4n) is 7.13. The van der Waals surface area contributed by atoms with Gasteiger partial charge in [-0.05, 0) is 62.3 Å². The number of urea groups is 1. The van der Waals surface area contributed by atoms with Crippen molar-refractivity contribution in [3.8, 4) is 0 Å². The van der Waals surface area contributed by atoms with E-state index in [-0.39, 0.29) is 23.7 Å². The number of ketones is 1. The smallest absolute Gasteiger partial charge is 0.320 e. The molecule has 1 N–H and O–H groups in total. The van der Waals surface area contributed by atoms with Crippen LogP contribution in [0.4, 0.5) is 18.0 Å². The Morgan fingerprint density at radius 3 is 2.22 bits per heavy atom. The quantitative estimate of drug-likeness (QED) is 0.572. The average Bonchev–Trinajstić information content (AvgIpc) is 2.85. The van der Waals surface area contributed by atoms with Gasteiger partial charge in [0.25, 0.3) is 5.91 Å². The highest BCUT2D eigenvalue weighted by molar-refractivity contribution is 5.99. The molecule has 36 heavy (non-hydrogen) atoms. The van der Waals surface area contributed by atoms with E-state index in [9.17, 15) is 23.2 Å². The number of carbonyl (C=O) groups excluding carboxylic acids is 3. The third-order valence-electron chi connectivity index (χ3n) is 8.42. The molecule has 4 saturated carbocycles. The van der Waals surface area contributed by atoms with Gasteiger partial charge in [0.05, 0.1) is 26.3 Å². The summed E-state index contributed by atoms with van der Waals surface area (Å²) in [5.74, 6) is -1.05. The van der Waals surface area contributed by atoms with Crippen LogP contribution in [0.2, 0.25) is 0 Å². The molecule has 0 aromatic heterocycles. The van der Waals surface area contributed by atoms with E-state index < -0.39 is 30.5 Å². The molecule has 1 heterocycles. The molecule has 5 aliphatic rings. The van der Waals surface area contributed by atoms with Crippen molar-refractivity contribution in [1.82, 2.24) is 15.1 Å². The van der Waals surface area contributed by atoms with Crippen LogP contribution in [0.25, 0.3) is 0 Å². The molecule has 0 radical (unpaired) electrons. The van der Waals surface area contributed by atoms with Crippen molar-refractivity contribution < 1.29 is 32.3 Å². The number of morpholine rings is 1. The van der Waals surface area contributed by atoms with Gasteiger partial charge in [0.2, 0.25) is 0 Å². The Bertz CT molecular complexity index is 992. The molecule has 196 valence electrons. The molecule has 4 aliphatic carbocycles. The fourth-order valence-corrected chi connectivity index (χ4v) is 7.13. The van der Waals surface area contributed by atoms with Crippen LogP contribution >= 0.6 is 0 Å². The first-order chi connectivity index (χ1) is 17.2. The Morgan fingerprint density at radius 1 is 1.06 bits per heavy atom. The second kappa shape index (κ2) is 10.0. The number of alkyl halides is 2. The van der Waals surface area contributed by atoms with Crippen LogP contribution in [0.15, 0.2) is 18.2 Å². The van der Waals surface area contributed by atoms with Gasteiger partial charge >= 0.3 is 12.5 Å². The standard InChI is InChI=1S/C26H32F3N3O4/c27-21-10-19(22(33)14-30-24(34)23(28)29)1-2-20(21)15-32(25(35)31-3-5-36-6-4-31)26-11-16-7-17(12-26)9-18(8-16)13-26/h1-2,10,16-18,23H,3-9,11-15H2,(H,30,34). The molecule has 1 aromatic rings. The summed E-state index contributed by atoms with van der Waals surface area (Å²) in [5.41, 5.74) is -0.00264. The maximum absolute atomic E-state index is 15.2. The molecule has 4 bridgehead atoms. The SMILES string of the molecule is O=C(CNC(=O)C(F)F)c1ccc(CN(C(=O)N2CCOCC2)C23CC4CC(CC(C4)C2)C3)c(F)c1. The van der Waals surface area contributed by atoms with Crippen molar-refractivity contribution in [3.63, 3.8) is 0 Å². The molecule has 3 amide bonds. The van der Waals surface area contributed by atoms with E-state index in [4.69, 9.17) is 4.74 Å². The zero-order valence-electron chi connectivity index (χ0n) is 20.2. The van der Waals surface area contributed by atoms with Crippen LogP contribution < -0.4 is 5.32 Å². The summed E-state index contributed by atoms with van der Waals surface area (Å²) in [6, 6.07) is 3.88. The summed E-state index contributed by atoms with van der Waals surface area (Å²) in [4.78, 5) is 40.9. The van der Waals surface area contributed by atoms with Gasteiger partial charge < -0.3 is 19.9 Å². The molecule has 6 rings (SSSR count). The first-order valence-electron chi connectivity index (χ1n) is 12.8. The Morgan fingerprint density at radius 2 is 1.67 bits per heavy atom. The fraction of sp³-hybridized carbons (Fsp3) is 0.654. The number of hydrogen-bond acceptors (Lipinski definition) is 4. The Hall–Kier alpha value is -2.62. The first kappa shape index (κ1) is 25.0. The molecular weight excluding hydrogens is 475 g/mol. The summed E-state index contributed by atoms with van der Waals surface area (Å²) in [6.07, 6.45) is 3.24. The molecule has 10 heteroatoms. The maximum atomic E-state index is 15.2. The Labute approximate surface area is 208 Å². The lowest BCUT2D eigenvalue weighted by Gasteiger charge is -2.60. The number of rotatable bonds is 7. The van der Waals surface area contributed by atoms with Crippen LogP contribution in [-0.4, -0.2) is 72.3 Å². The first-order valence-corrected chi connectivity index (χ1v) is 12.8. The molecule has 0 atom stereocenters. The minimum atomic E-state index is -3.23. The normalized spacial score (nSPS) is 28.9. The number of nitrogens with zero attached hydrogens (tertiary/aromatic N) is 2. The highest BCUT2D eigenvalue weighted by atomic mass is 19.3. The van der Waals surface area contributed by atoms with Crippen LogP contribution in [-0.2, 0) is 16.1 Å². The van der Waals surface area contributed by atoms with Gasteiger partial charge in [-0.1, -0.05) is 12.1 Å². The zero-order valence-corrected chi connectivity index (χ0v) is 20.2. The highest BCUT2D eigenvalue weighted by Gasteiger charge is 2.55. The van der Waals surface area contributed by atoms with Gasteiger partial charge in [-0.15, -0.1) is 0 Å². The number of amides is 3. The van der Waals surface area contributed by atoms with E-state index in [1.807, 2.05) is 10.2 Å². The number of Topliss-reactive ketones (excluding diaryl/α,β-unsaturated/α-hetero) is 1. The number of ether oxygens (including phenoxy) is 1. The number of nitrogens with one attached hydrogen (secondary N) is 1. The summed E-state index contributed by atoms with van der Waals surface area (Å²) >= 11 is 0. The molecule has 7 nitrogen and oxygen atoms in total. The van der Waals surface area contributed by atoms with Crippen molar-refractivity contribution in [2.45, 2.75) is 57.0 Å². The predicted octanol–water partition coefficient (Wildman–Crippen LogP) is 3.61. The van der Waals surface area contributed by atoms with Gasteiger partial charge in [-0.2, -0.15) is 8.78 Å². The van der Waals surface area contributed by atoms with E-state index in [1.165, 1.54) is 31.4 Å². The largest absolute Gasteiger partial charge is 0.378 e. The topological polar surface area (TPSA) is 79.0 Å². The summed E-state index contributed by atoms with van der Waals surface area (Å²) in [6.45, 7) is 1.42. The van der Waals surface area contributed by atoms with Crippen molar-refractivity contribution in [2.75, 3.05) is 32.8 Å². The van der Waals surface area contributed by atoms with Crippen molar-refractivity contribution in [2.24, 2.45) is 17.8 Å².